The molecule has 0 N–H and O–H groups in total. The Morgan fingerprint density at radius 1 is 0.711 bits per heavy atom. The van der Waals surface area contributed by atoms with Gasteiger partial charge in [0.2, 0.25) is 0 Å². The van der Waals surface area contributed by atoms with Crippen molar-refractivity contribution in [3.63, 3.8) is 0 Å². The van der Waals surface area contributed by atoms with Crippen LogP contribution in [-0.2, 0) is 4.79 Å². The van der Waals surface area contributed by atoms with Gasteiger partial charge in [-0.25, -0.2) is 9.97 Å². The third-order valence-corrected chi connectivity index (χ3v) is 9.13. The lowest BCUT2D eigenvalue weighted by Gasteiger charge is -2.27. The average molecular weight is 548 g/mol. The number of ketones is 1. The number of carbonyl (C=O) groups excluding carboxylic acids is 1. The molecule has 7 heteroatoms. The zero-order valence-corrected chi connectivity index (χ0v) is 22.9. The van der Waals surface area contributed by atoms with Gasteiger partial charge in [0.25, 0.3) is 0 Å². The smallest absolute Gasteiger partial charge is 0.187 e. The quantitative estimate of drug-likeness (QED) is 0.224. The van der Waals surface area contributed by atoms with Gasteiger partial charge in [0, 0.05) is 46.0 Å². The molecule has 2 heterocycles. The minimum absolute atomic E-state index is 0.0490. The molecule has 0 bridgehead atoms. The zero-order chi connectivity index (χ0) is 26.1. The van der Waals surface area contributed by atoms with Crippen molar-refractivity contribution in [2.75, 3.05) is 0 Å². The van der Waals surface area contributed by atoms with Crippen molar-refractivity contribution in [2.24, 2.45) is 0 Å². The predicted octanol–water partition coefficient (Wildman–Crippen LogP) is 8.15. The van der Waals surface area contributed by atoms with Gasteiger partial charge >= 0.3 is 0 Å². The normalized spacial score (nSPS) is 18.2. The highest BCUT2D eigenvalue weighted by atomic mass is 35.5. The van der Waals surface area contributed by atoms with E-state index < -0.39 is 12.1 Å². The summed E-state index contributed by atoms with van der Waals surface area (Å²) in [5.41, 5.74) is 4.04. The summed E-state index contributed by atoms with van der Waals surface area (Å²) in [6.07, 6.45) is 20.2. The van der Waals surface area contributed by atoms with Crippen molar-refractivity contribution in [3.05, 3.63) is 106 Å². The van der Waals surface area contributed by atoms with E-state index in [0.29, 0.717) is 21.9 Å². The Hall–Kier alpha value is -2.89. The maximum absolute atomic E-state index is 14.6. The molecule has 0 spiro atoms. The zero-order valence-electron chi connectivity index (χ0n) is 21.3. The Kier molecular flexibility index (Phi) is 7.40. The number of aromatic nitrogens is 4. The maximum atomic E-state index is 14.6. The molecule has 2 unspecified atom stereocenters. The van der Waals surface area contributed by atoms with Crippen molar-refractivity contribution >= 4 is 29.0 Å². The number of imidazole rings is 2. The molecule has 38 heavy (non-hydrogen) atoms. The number of carbonyl (C=O) groups is 1. The van der Waals surface area contributed by atoms with E-state index in [1.807, 2.05) is 33.7 Å². The molecule has 196 valence electrons. The van der Waals surface area contributed by atoms with Crippen molar-refractivity contribution in [1.82, 2.24) is 19.1 Å². The van der Waals surface area contributed by atoms with Gasteiger partial charge in [-0.3, -0.25) is 4.79 Å². The van der Waals surface area contributed by atoms with Crippen molar-refractivity contribution < 1.29 is 4.79 Å². The highest BCUT2D eigenvalue weighted by Crippen LogP contribution is 2.41. The largest absolute Gasteiger partial charge is 0.323 e. The molecule has 2 aliphatic rings. The summed E-state index contributed by atoms with van der Waals surface area (Å²) in [5, 5.41) is 1.21. The molecule has 0 saturated heterocycles. The lowest BCUT2D eigenvalue weighted by atomic mass is 9.89. The van der Waals surface area contributed by atoms with Crippen LogP contribution in [0, 0.1) is 0 Å². The fourth-order valence-corrected chi connectivity index (χ4v) is 7.06. The lowest BCUT2D eigenvalue weighted by molar-refractivity contribution is -0.123. The topological polar surface area (TPSA) is 52.7 Å². The monoisotopic (exact) mass is 546 g/mol. The number of nitrogens with zero attached hydrogens (tertiary/aromatic N) is 4. The first-order valence-corrected chi connectivity index (χ1v) is 14.4. The van der Waals surface area contributed by atoms with Crippen LogP contribution in [0.15, 0.2) is 73.8 Å². The number of halogens is 2. The Bertz CT molecular complexity index is 1280. The van der Waals surface area contributed by atoms with Gasteiger partial charge in [-0.15, -0.1) is 0 Å². The molecule has 2 aromatic heterocycles. The SMILES string of the molecule is O=C(C(c1ccc(C2CCCC2)cc1Cl)n1ccnc1)C(c1ccc(C2CCCC2)cc1Cl)n1ccnc1. The first-order chi connectivity index (χ1) is 18.6. The van der Waals surface area contributed by atoms with Crippen molar-refractivity contribution in [3.8, 4) is 0 Å². The van der Waals surface area contributed by atoms with Gasteiger partial charge in [0.15, 0.2) is 5.78 Å². The van der Waals surface area contributed by atoms with Gasteiger partial charge in [0.05, 0.1) is 12.7 Å². The van der Waals surface area contributed by atoms with Crippen molar-refractivity contribution in [1.29, 1.82) is 0 Å². The van der Waals surface area contributed by atoms with E-state index in [-0.39, 0.29) is 5.78 Å². The molecular formula is C31H32Cl2N4O. The van der Waals surface area contributed by atoms with E-state index >= 15 is 0 Å². The van der Waals surface area contributed by atoms with Gasteiger partial charge in [-0.1, -0.05) is 73.2 Å². The summed E-state index contributed by atoms with van der Waals surface area (Å²) in [6, 6.07) is 11.1. The van der Waals surface area contributed by atoms with Crippen LogP contribution in [0.25, 0.3) is 0 Å². The second-order valence-electron chi connectivity index (χ2n) is 10.8. The minimum atomic E-state index is -0.666. The van der Waals surface area contributed by atoms with Gasteiger partial charge in [0.1, 0.15) is 12.1 Å². The summed E-state index contributed by atoms with van der Waals surface area (Å²) in [6.45, 7) is 0. The molecule has 2 fully saturated rings. The third-order valence-electron chi connectivity index (χ3n) is 8.48. The molecule has 2 aliphatic carbocycles. The van der Waals surface area contributed by atoms with Gasteiger partial charge in [-0.2, -0.15) is 0 Å². The standard InChI is InChI=1S/C31H32Cl2N4O/c32-27-17-23(21-5-1-2-6-21)9-11-25(27)29(36-15-13-34-19-36)31(38)30(37-16-14-35-20-37)26-12-10-24(18-28(26)33)22-7-3-4-8-22/h9-22,29-30H,1-8H2. The van der Waals surface area contributed by atoms with Crippen molar-refractivity contribution in [2.45, 2.75) is 75.3 Å². The van der Waals surface area contributed by atoms with Crippen LogP contribution in [0.1, 0.15) is 97.5 Å². The molecular weight excluding hydrogens is 515 g/mol. The molecule has 4 aromatic rings. The molecule has 2 atom stereocenters. The van der Waals surface area contributed by atoms with Crippen LogP contribution < -0.4 is 0 Å². The van der Waals surface area contributed by atoms with Crippen LogP contribution in [0.4, 0.5) is 0 Å². The summed E-state index contributed by atoms with van der Waals surface area (Å²) in [5.74, 6) is 1.03. The third kappa shape index (κ3) is 4.94. The van der Waals surface area contributed by atoms with Crippen LogP contribution in [-0.4, -0.2) is 24.9 Å². The van der Waals surface area contributed by atoms with E-state index in [1.165, 1.54) is 62.5 Å². The van der Waals surface area contributed by atoms with Crippen LogP contribution in [0.2, 0.25) is 10.0 Å². The molecule has 0 aliphatic heterocycles. The molecule has 0 amide bonds. The van der Waals surface area contributed by atoms with E-state index in [0.717, 1.165) is 11.1 Å². The number of benzene rings is 2. The molecule has 0 radical (unpaired) electrons. The van der Waals surface area contributed by atoms with E-state index in [9.17, 15) is 4.79 Å². The number of hydrogen-bond acceptors (Lipinski definition) is 3. The van der Waals surface area contributed by atoms with Crippen LogP contribution in [0.3, 0.4) is 0 Å². The predicted molar refractivity (Wildman–Crippen MR) is 151 cm³/mol. The molecule has 2 aromatic carbocycles. The summed E-state index contributed by atoms with van der Waals surface area (Å²) < 4.78 is 3.67. The maximum Gasteiger partial charge on any atom is 0.187 e. The van der Waals surface area contributed by atoms with E-state index in [1.54, 1.807) is 25.0 Å². The Balaban J connectivity index is 1.41. The Morgan fingerprint density at radius 2 is 1.13 bits per heavy atom. The van der Waals surface area contributed by atoms with Crippen LogP contribution in [0.5, 0.6) is 0 Å². The van der Waals surface area contributed by atoms with Crippen LogP contribution >= 0.6 is 23.2 Å². The summed E-state index contributed by atoms with van der Waals surface area (Å²) >= 11 is 13.9. The van der Waals surface area contributed by atoms with E-state index in [2.05, 4.69) is 34.2 Å². The average Bonchev–Trinajstić information content (AvgIpc) is 3.75. The molecule has 2 saturated carbocycles. The lowest BCUT2D eigenvalue weighted by Crippen LogP contribution is -2.30. The fraction of sp³-hybridized carbons (Fsp3) is 0.387. The minimum Gasteiger partial charge on any atom is -0.323 e. The second-order valence-corrected chi connectivity index (χ2v) is 11.6. The summed E-state index contributed by atoms with van der Waals surface area (Å²) in [7, 11) is 0. The summed E-state index contributed by atoms with van der Waals surface area (Å²) in [4.78, 5) is 23.1. The first-order valence-electron chi connectivity index (χ1n) is 13.7. The number of hydrogen-bond donors (Lipinski definition) is 0. The first kappa shape index (κ1) is 25.4. The number of Topliss-reactive ketones (excluding diaryl/α,β-unsaturated/α-hetero) is 1. The fourth-order valence-electron chi connectivity index (χ4n) is 6.47. The number of rotatable bonds is 8. The highest BCUT2D eigenvalue weighted by Gasteiger charge is 2.35. The Labute approximate surface area is 233 Å². The molecule has 6 rings (SSSR count). The van der Waals surface area contributed by atoms with E-state index in [4.69, 9.17) is 23.2 Å². The van der Waals surface area contributed by atoms with Gasteiger partial charge in [-0.05, 0) is 60.8 Å². The highest BCUT2D eigenvalue weighted by molar-refractivity contribution is 6.32. The van der Waals surface area contributed by atoms with Gasteiger partial charge < -0.3 is 9.13 Å². The Morgan fingerprint density at radius 3 is 1.47 bits per heavy atom. The second kappa shape index (κ2) is 11.1. The molecule has 5 nitrogen and oxygen atoms in total.